The van der Waals surface area contributed by atoms with E-state index in [4.69, 9.17) is 26.3 Å². The van der Waals surface area contributed by atoms with E-state index in [9.17, 15) is 13.2 Å². The molecule has 1 saturated heterocycles. The van der Waals surface area contributed by atoms with Crippen LogP contribution in [-0.4, -0.2) is 64.2 Å². The van der Waals surface area contributed by atoms with Gasteiger partial charge in [0.05, 0.1) is 11.6 Å². The van der Waals surface area contributed by atoms with E-state index in [-0.39, 0.29) is 18.8 Å². The molecule has 1 aliphatic heterocycles. The third-order valence-electron chi connectivity index (χ3n) is 3.98. The highest BCUT2D eigenvalue weighted by Gasteiger charge is 2.32. The van der Waals surface area contributed by atoms with Crippen LogP contribution in [0.1, 0.15) is 12.1 Å². The number of pyridine rings is 1. The average molecular weight is 393 g/mol. The summed E-state index contributed by atoms with van der Waals surface area (Å²) in [6, 6.07) is 2.95. The maximum atomic E-state index is 12.4. The van der Waals surface area contributed by atoms with Gasteiger partial charge in [0.25, 0.3) is 0 Å². The van der Waals surface area contributed by atoms with Crippen molar-refractivity contribution in [1.29, 1.82) is 0 Å². The number of hydrogen-bond donors (Lipinski definition) is 2. The summed E-state index contributed by atoms with van der Waals surface area (Å²) in [6.45, 7) is 0.368. The second-order valence-corrected chi connectivity index (χ2v) is 6.30. The summed E-state index contributed by atoms with van der Waals surface area (Å²) in [4.78, 5) is 7.45. The first-order valence-electron chi connectivity index (χ1n) is 7.75. The minimum Gasteiger partial charge on any atom is -0.362 e. The number of aromatic nitrogens is 2. The lowest BCUT2D eigenvalue weighted by molar-refractivity contribution is -0.146. The molecule has 3 rings (SSSR count). The van der Waals surface area contributed by atoms with Crippen LogP contribution in [0.25, 0.3) is 11.3 Å². The molecule has 0 unspecified atom stereocenters. The molecule has 142 valence electrons. The van der Waals surface area contributed by atoms with Crippen LogP contribution in [0.3, 0.4) is 0 Å². The third-order valence-corrected chi connectivity index (χ3v) is 4.25. The van der Waals surface area contributed by atoms with E-state index in [2.05, 4.69) is 10.1 Å². The fourth-order valence-electron chi connectivity index (χ4n) is 2.72. The van der Waals surface area contributed by atoms with Crippen molar-refractivity contribution in [2.75, 3.05) is 37.6 Å². The summed E-state index contributed by atoms with van der Waals surface area (Å²) in [7, 11) is 0. The summed E-state index contributed by atoms with van der Waals surface area (Å²) >= 11 is 6.27. The topological polar surface area (TPSA) is 85.9 Å². The molecule has 0 spiro atoms. The van der Waals surface area contributed by atoms with Gasteiger partial charge in [-0.05, 0) is 6.07 Å². The van der Waals surface area contributed by atoms with Crippen LogP contribution < -0.4 is 4.90 Å². The summed E-state index contributed by atoms with van der Waals surface area (Å²) in [6.07, 6.45) is -4.49. The van der Waals surface area contributed by atoms with Gasteiger partial charge in [-0.25, -0.2) is 4.98 Å². The Morgan fingerprint density at radius 2 is 1.88 bits per heavy atom. The molecule has 26 heavy (non-hydrogen) atoms. The van der Waals surface area contributed by atoms with Crippen molar-refractivity contribution in [1.82, 2.24) is 15.0 Å². The SMILES string of the molecule is OC(O)c1cc(-c2cnc(N3CCN(CC(F)(F)F)CC3)c(Cl)c2)no1. The van der Waals surface area contributed by atoms with Crippen molar-refractivity contribution in [2.24, 2.45) is 0 Å². The molecule has 0 bridgehead atoms. The monoisotopic (exact) mass is 392 g/mol. The quantitative estimate of drug-likeness (QED) is 0.770. The molecule has 7 nitrogen and oxygen atoms in total. The molecule has 0 atom stereocenters. The first kappa shape index (κ1) is 18.9. The Balaban J connectivity index is 1.68. The highest BCUT2D eigenvalue weighted by Crippen LogP contribution is 2.30. The van der Waals surface area contributed by atoms with Crippen LogP contribution in [-0.2, 0) is 0 Å². The maximum absolute atomic E-state index is 12.4. The molecule has 2 aromatic rings. The number of alkyl halides is 3. The number of hydrogen-bond acceptors (Lipinski definition) is 7. The summed E-state index contributed by atoms with van der Waals surface area (Å²) in [5.41, 5.74) is 0.856. The van der Waals surface area contributed by atoms with Crippen LogP contribution in [0.5, 0.6) is 0 Å². The van der Waals surface area contributed by atoms with E-state index in [1.54, 1.807) is 6.07 Å². The van der Waals surface area contributed by atoms with E-state index in [0.717, 1.165) is 0 Å². The first-order valence-corrected chi connectivity index (χ1v) is 8.13. The van der Waals surface area contributed by atoms with Gasteiger partial charge in [-0.2, -0.15) is 13.2 Å². The van der Waals surface area contributed by atoms with Crippen molar-refractivity contribution in [3.05, 3.63) is 29.1 Å². The molecule has 1 fully saturated rings. The number of anilines is 1. The van der Waals surface area contributed by atoms with Gasteiger partial charge >= 0.3 is 6.18 Å². The van der Waals surface area contributed by atoms with Gasteiger partial charge in [-0.3, -0.25) is 4.90 Å². The molecule has 0 radical (unpaired) electrons. The van der Waals surface area contributed by atoms with E-state index in [1.165, 1.54) is 17.2 Å². The maximum Gasteiger partial charge on any atom is 0.401 e. The van der Waals surface area contributed by atoms with E-state index >= 15 is 0 Å². The van der Waals surface area contributed by atoms with Gasteiger partial charge in [0, 0.05) is 44.0 Å². The molecule has 0 aliphatic carbocycles. The lowest BCUT2D eigenvalue weighted by Crippen LogP contribution is -2.49. The molecular formula is C15H16ClF3N4O3. The van der Waals surface area contributed by atoms with E-state index < -0.39 is 19.0 Å². The number of aliphatic hydroxyl groups excluding tert-OH is 1. The van der Waals surface area contributed by atoms with Crippen molar-refractivity contribution in [3.63, 3.8) is 0 Å². The number of halogens is 4. The second-order valence-electron chi connectivity index (χ2n) is 5.90. The van der Waals surface area contributed by atoms with E-state index in [1.807, 2.05) is 4.90 Å². The molecule has 0 aromatic carbocycles. The summed E-state index contributed by atoms with van der Waals surface area (Å²) in [5.74, 6) is 0.369. The van der Waals surface area contributed by atoms with Gasteiger partial charge in [-0.15, -0.1) is 0 Å². The van der Waals surface area contributed by atoms with Gasteiger partial charge < -0.3 is 19.6 Å². The molecule has 3 heterocycles. The minimum absolute atomic E-state index is 0.110. The first-order chi connectivity index (χ1) is 12.2. The second kappa shape index (κ2) is 7.39. The smallest absolute Gasteiger partial charge is 0.362 e. The minimum atomic E-state index is -4.21. The third kappa shape index (κ3) is 4.44. The van der Waals surface area contributed by atoms with Crippen LogP contribution in [0.15, 0.2) is 22.9 Å². The van der Waals surface area contributed by atoms with Gasteiger partial charge in [0.1, 0.15) is 11.5 Å². The Bertz CT molecular complexity index is 761. The van der Waals surface area contributed by atoms with Crippen LogP contribution in [0.2, 0.25) is 5.02 Å². The highest BCUT2D eigenvalue weighted by molar-refractivity contribution is 6.33. The lowest BCUT2D eigenvalue weighted by atomic mass is 10.2. The van der Waals surface area contributed by atoms with Gasteiger partial charge in [-0.1, -0.05) is 16.8 Å². The summed E-state index contributed by atoms with van der Waals surface area (Å²) < 4.78 is 42.1. The van der Waals surface area contributed by atoms with Crippen LogP contribution in [0, 0.1) is 0 Å². The van der Waals surface area contributed by atoms with Crippen LogP contribution >= 0.6 is 11.6 Å². The zero-order chi connectivity index (χ0) is 18.9. The number of piperazine rings is 1. The zero-order valence-corrected chi connectivity index (χ0v) is 14.2. The van der Waals surface area contributed by atoms with Crippen molar-refractivity contribution in [2.45, 2.75) is 12.5 Å². The fraction of sp³-hybridized carbons (Fsp3) is 0.467. The van der Waals surface area contributed by atoms with Gasteiger partial charge in [0.15, 0.2) is 5.76 Å². The Morgan fingerprint density at radius 1 is 1.19 bits per heavy atom. The normalized spacial score (nSPS) is 16.5. The molecule has 1 aliphatic rings. The molecule has 2 N–H and O–H groups in total. The molecule has 0 saturated carbocycles. The largest absolute Gasteiger partial charge is 0.401 e. The fourth-order valence-corrected chi connectivity index (χ4v) is 3.01. The summed E-state index contributed by atoms with van der Waals surface area (Å²) in [5, 5.41) is 22.1. The van der Waals surface area contributed by atoms with Crippen molar-refractivity contribution in [3.8, 4) is 11.3 Å². The number of aliphatic hydroxyl groups is 2. The highest BCUT2D eigenvalue weighted by atomic mass is 35.5. The van der Waals surface area contributed by atoms with E-state index in [0.29, 0.717) is 35.2 Å². The van der Waals surface area contributed by atoms with Gasteiger partial charge in [0.2, 0.25) is 6.29 Å². The molecule has 11 heteroatoms. The predicted octanol–water partition coefficient (Wildman–Crippen LogP) is 2.06. The Hall–Kier alpha value is -1.88. The average Bonchev–Trinajstić information content (AvgIpc) is 3.04. The Kier molecular flexibility index (Phi) is 5.37. The number of rotatable bonds is 4. The standard InChI is InChI=1S/C15H16ClF3N4O3/c16-10-5-9(11-6-12(14(24)25)26-21-11)7-20-13(10)23-3-1-22(2-4-23)8-15(17,18)19/h5-7,14,24-25H,1-4,8H2. The Morgan fingerprint density at radius 3 is 2.42 bits per heavy atom. The number of nitrogens with zero attached hydrogens (tertiary/aromatic N) is 4. The zero-order valence-electron chi connectivity index (χ0n) is 13.4. The predicted molar refractivity (Wildman–Crippen MR) is 86.6 cm³/mol. The van der Waals surface area contributed by atoms with Crippen molar-refractivity contribution >= 4 is 17.4 Å². The van der Waals surface area contributed by atoms with Crippen LogP contribution in [0.4, 0.5) is 19.0 Å². The Labute approximate surface area is 151 Å². The molecular weight excluding hydrogens is 377 g/mol. The molecule has 2 aromatic heterocycles. The van der Waals surface area contributed by atoms with Crippen molar-refractivity contribution < 1.29 is 27.9 Å². The lowest BCUT2D eigenvalue weighted by Gasteiger charge is -2.35. The molecule has 0 amide bonds.